The molecule has 0 aliphatic rings. The van der Waals surface area contributed by atoms with E-state index in [4.69, 9.17) is 4.74 Å². The fourth-order valence-electron chi connectivity index (χ4n) is 0.709. The van der Waals surface area contributed by atoms with E-state index in [1.807, 2.05) is 12.3 Å². The van der Waals surface area contributed by atoms with Crippen LogP contribution >= 0.6 is 11.5 Å². The van der Waals surface area contributed by atoms with Crippen molar-refractivity contribution in [2.75, 3.05) is 13.2 Å². The lowest BCUT2D eigenvalue weighted by molar-refractivity contribution is 0.0403. The first-order valence-electron chi connectivity index (χ1n) is 3.50. The van der Waals surface area contributed by atoms with Gasteiger partial charge < -0.3 is 9.84 Å². The Kier molecular flexibility index (Phi) is 3.48. The van der Waals surface area contributed by atoms with Crippen LogP contribution in [0.1, 0.15) is 18.7 Å². The molecule has 11 heavy (non-hydrogen) atoms. The predicted octanol–water partition coefficient (Wildman–Crippen LogP) is 1.21. The normalized spacial score (nSPS) is 13.3. The van der Waals surface area contributed by atoms with E-state index < -0.39 is 6.10 Å². The third-order valence-electron chi connectivity index (χ3n) is 1.28. The monoisotopic (exact) mass is 173 g/mol. The van der Waals surface area contributed by atoms with Gasteiger partial charge in [0.05, 0.1) is 12.3 Å². The van der Waals surface area contributed by atoms with Crippen molar-refractivity contribution in [2.24, 2.45) is 0 Å². The third kappa shape index (κ3) is 2.57. The molecule has 0 saturated heterocycles. The number of aromatic nitrogens is 1. The smallest absolute Gasteiger partial charge is 0.120 e. The molecule has 1 aromatic heterocycles. The average Bonchev–Trinajstić information content (AvgIpc) is 2.52. The molecule has 1 atom stereocenters. The van der Waals surface area contributed by atoms with Gasteiger partial charge in [0, 0.05) is 12.0 Å². The van der Waals surface area contributed by atoms with Crippen molar-refractivity contribution in [1.82, 2.24) is 4.37 Å². The van der Waals surface area contributed by atoms with Gasteiger partial charge in [0.15, 0.2) is 0 Å². The van der Waals surface area contributed by atoms with Crippen LogP contribution in [0, 0.1) is 0 Å². The quantitative estimate of drug-likeness (QED) is 0.744. The van der Waals surface area contributed by atoms with Crippen molar-refractivity contribution in [2.45, 2.75) is 13.0 Å². The zero-order valence-corrected chi connectivity index (χ0v) is 7.17. The SMILES string of the molecule is CCOCC(O)c1ccsn1. The first-order chi connectivity index (χ1) is 5.34. The molecule has 3 nitrogen and oxygen atoms in total. The van der Waals surface area contributed by atoms with Crippen LogP contribution in [0.15, 0.2) is 11.4 Å². The molecule has 4 heteroatoms. The van der Waals surface area contributed by atoms with E-state index in [0.717, 1.165) is 0 Å². The summed E-state index contributed by atoms with van der Waals surface area (Å²) in [6.07, 6.45) is -0.568. The van der Waals surface area contributed by atoms with Gasteiger partial charge in [-0.05, 0) is 24.5 Å². The van der Waals surface area contributed by atoms with E-state index in [1.54, 1.807) is 6.07 Å². The van der Waals surface area contributed by atoms with E-state index in [1.165, 1.54) is 11.5 Å². The van der Waals surface area contributed by atoms with Crippen molar-refractivity contribution < 1.29 is 9.84 Å². The van der Waals surface area contributed by atoms with Gasteiger partial charge in [-0.3, -0.25) is 0 Å². The van der Waals surface area contributed by atoms with Gasteiger partial charge >= 0.3 is 0 Å². The molecule has 0 saturated carbocycles. The summed E-state index contributed by atoms with van der Waals surface area (Å²) in [5, 5.41) is 11.2. The maximum atomic E-state index is 9.36. The Morgan fingerprint density at radius 3 is 3.18 bits per heavy atom. The van der Waals surface area contributed by atoms with Crippen LogP contribution < -0.4 is 0 Å². The molecule has 1 aromatic rings. The first-order valence-corrected chi connectivity index (χ1v) is 4.34. The molecule has 0 bridgehead atoms. The average molecular weight is 173 g/mol. The Balaban J connectivity index is 2.36. The summed E-state index contributed by atoms with van der Waals surface area (Å²) in [4.78, 5) is 0. The molecular formula is C7H11NO2S. The van der Waals surface area contributed by atoms with Crippen molar-refractivity contribution >= 4 is 11.5 Å². The van der Waals surface area contributed by atoms with E-state index in [-0.39, 0.29) is 0 Å². The molecule has 0 aliphatic heterocycles. The Hall–Kier alpha value is -0.450. The highest BCUT2D eigenvalue weighted by molar-refractivity contribution is 7.03. The molecule has 0 fully saturated rings. The first kappa shape index (κ1) is 8.64. The van der Waals surface area contributed by atoms with Gasteiger partial charge in [-0.15, -0.1) is 0 Å². The standard InChI is InChI=1S/C7H11NO2S/c1-2-10-5-7(9)6-3-4-11-8-6/h3-4,7,9H,2,5H2,1H3. The summed E-state index contributed by atoms with van der Waals surface area (Å²) in [7, 11) is 0. The molecule has 1 unspecified atom stereocenters. The highest BCUT2D eigenvalue weighted by Gasteiger charge is 2.08. The van der Waals surface area contributed by atoms with E-state index >= 15 is 0 Å². The van der Waals surface area contributed by atoms with Gasteiger partial charge in [-0.1, -0.05) is 0 Å². The summed E-state index contributed by atoms with van der Waals surface area (Å²) in [6.45, 7) is 2.86. The van der Waals surface area contributed by atoms with Crippen LogP contribution in [0.25, 0.3) is 0 Å². The van der Waals surface area contributed by atoms with E-state index in [0.29, 0.717) is 18.9 Å². The molecule has 1 rings (SSSR count). The number of nitrogens with zero attached hydrogens (tertiary/aromatic N) is 1. The van der Waals surface area contributed by atoms with Gasteiger partial charge in [0.1, 0.15) is 6.10 Å². The van der Waals surface area contributed by atoms with Crippen molar-refractivity contribution in [3.8, 4) is 0 Å². The second-order valence-corrected chi connectivity index (χ2v) is 2.77. The molecule has 0 aromatic carbocycles. The number of rotatable bonds is 4. The van der Waals surface area contributed by atoms with Crippen molar-refractivity contribution in [3.63, 3.8) is 0 Å². The van der Waals surface area contributed by atoms with Crippen molar-refractivity contribution in [3.05, 3.63) is 17.1 Å². The zero-order valence-electron chi connectivity index (χ0n) is 6.36. The lowest BCUT2D eigenvalue weighted by atomic mass is 10.3. The lowest BCUT2D eigenvalue weighted by Crippen LogP contribution is -2.06. The topological polar surface area (TPSA) is 42.4 Å². The highest BCUT2D eigenvalue weighted by atomic mass is 32.1. The van der Waals surface area contributed by atoms with E-state index in [9.17, 15) is 5.11 Å². The van der Waals surface area contributed by atoms with E-state index in [2.05, 4.69) is 4.37 Å². The molecular weight excluding hydrogens is 162 g/mol. The minimum atomic E-state index is -0.568. The number of aliphatic hydroxyl groups excluding tert-OH is 1. The Morgan fingerprint density at radius 2 is 2.64 bits per heavy atom. The van der Waals surface area contributed by atoms with Gasteiger partial charge in [0.2, 0.25) is 0 Å². The molecule has 0 spiro atoms. The third-order valence-corrected chi connectivity index (χ3v) is 1.85. The Labute approximate surface area is 69.8 Å². The fraction of sp³-hybridized carbons (Fsp3) is 0.571. The molecule has 0 aliphatic carbocycles. The number of aliphatic hydroxyl groups is 1. The molecule has 1 heterocycles. The predicted molar refractivity (Wildman–Crippen MR) is 43.6 cm³/mol. The summed E-state index contributed by atoms with van der Waals surface area (Å²) in [5.41, 5.74) is 0.698. The molecule has 0 amide bonds. The van der Waals surface area contributed by atoms with Crippen LogP contribution in [0.2, 0.25) is 0 Å². The number of ether oxygens (including phenoxy) is 1. The Morgan fingerprint density at radius 1 is 1.82 bits per heavy atom. The molecule has 1 N–H and O–H groups in total. The van der Waals surface area contributed by atoms with Crippen LogP contribution in [0.3, 0.4) is 0 Å². The maximum absolute atomic E-state index is 9.36. The Bertz CT molecular complexity index is 188. The minimum Gasteiger partial charge on any atom is -0.384 e. The summed E-state index contributed by atoms with van der Waals surface area (Å²) in [5.74, 6) is 0. The second kappa shape index (κ2) is 4.43. The maximum Gasteiger partial charge on any atom is 0.120 e. The van der Waals surface area contributed by atoms with Gasteiger partial charge in [0.25, 0.3) is 0 Å². The largest absolute Gasteiger partial charge is 0.384 e. The van der Waals surface area contributed by atoms with Crippen LogP contribution in [0.4, 0.5) is 0 Å². The summed E-state index contributed by atoms with van der Waals surface area (Å²) < 4.78 is 9.01. The fourth-order valence-corrected chi connectivity index (χ4v) is 1.27. The number of hydrogen-bond donors (Lipinski definition) is 1. The number of hydrogen-bond acceptors (Lipinski definition) is 4. The second-order valence-electron chi connectivity index (χ2n) is 2.10. The van der Waals surface area contributed by atoms with Crippen LogP contribution in [0.5, 0.6) is 0 Å². The van der Waals surface area contributed by atoms with Gasteiger partial charge in [-0.2, -0.15) is 4.37 Å². The minimum absolute atomic E-state index is 0.334. The lowest BCUT2D eigenvalue weighted by Gasteiger charge is -2.06. The molecule has 62 valence electrons. The van der Waals surface area contributed by atoms with Crippen molar-refractivity contribution in [1.29, 1.82) is 0 Å². The zero-order chi connectivity index (χ0) is 8.10. The molecule has 0 radical (unpaired) electrons. The van der Waals surface area contributed by atoms with Gasteiger partial charge in [-0.25, -0.2) is 0 Å². The highest BCUT2D eigenvalue weighted by Crippen LogP contribution is 2.11. The summed E-state index contributed by atoms with van der Waals surface area (Å²) >= 11 is 1.34. The summed E-state index contributed by atoms with van der Waals surface area (Å²) in [6, 6.07) is 1.80. The van der Waals surface area contributed by atoms with Crippen LogP contribution in [-0.4, -0.2) is 22.7 Å². The van der Waals surface area contributed by atoms with Crippen LogP contribution in [-0.2, 0) is 4.74 Å².